The first-order valence-corrected chi connectivity index (χ1v) is 5.32. The van der Waals surface area contributed by atoms with E-state index in [1.54, 1.807) is 12.4 Å². The summed E-state index contributed by atoms with van der Waals surface area (Å²) in [5.41, 5.74) is 0.996. The number of hydrogen-bond acceptors (Lipinski definition) is 4. The lowest BCUT2D eigenvalue weighted by molar-refractivity contribution is -0.118. The Morgan fingerprint density at radius 3 is 2.87 bits per heavy atom. The van der Waals surface area contributed by atoms with Gasteiger partial charge in [-0.2, -0.15) is 0 Å². The molecule has 0 radical (unpaired) electrons. The molecular formula is C10H11N3OS. The summed E-state index contributed by atoms with van der Waals surface area (Å²) in [5.74, 6) is 2.51. The van der Waals surface area contributed by atoms with Gasteiger partial charge in [-0.25, -0.2) is 9.97 Å². The lowest BCUT2D eigenvalue weighted by atomic mass is 10.4. The minimum absolute atomic E-state index is 0.109. The van der Waals surface area contributed by atoms with Gasteiger partial charge in [0.1, 0.15) is 0 Å². The van der Waals surface area contributed by atoms with Crippen molar-refractivity contribution in [1.29, 1.82) is 0 Å². The van der Waals surface area contributed by atoms with Gasteiger partial charge in [0, 0.05) is 12.4 Å². The zero-order valence-corrected chi connectivity index (χ0v) is 9.17. The summed E-state index contributed by atoms with van der Waals surface area (Å²) in [7, 11) is 0. The van der Waals surface area contributed by atoms with Crippen LogP contribution in [0.2, 0.25) is 0 Å². The number of terminal acetylenes is 1. The first-order chi connectivity index (χ1) is 7.22. The molecule has 0 unspecified atom stereocenters. The number of carbonyl (C=O) groups excluding carboxylic acids is 1. The molecule has 1 heterocycles. The Kier molecular flexibility index (Phi) is 4.64. The van der Waals surface area contributed by atoms with Crippen molar-refractivity contribution in [3.63, 3.8) is 0 Å². The number of aryl methyl sites for hydroxylation is 1. The first-order valence-electron chi connectivity index (χ1n) is 4.34. The van der Waals surface area contributed by atoms with Crippen LogP contribution in [-0.2, 0) is 4.79 Å². The summed E-state index contributed by atoms with van der Waals surface area (Å²) in [6.07, 6.45) is 8.44. The molecule has 0 aliphatic carbocycles. The van der Waals surface area contributed by atoms with Gasteiger partial charge in [0.15, 0.2) is 5.16 Å². The molecule has 0 bridgehead atoms. The molecule has 5 heteroatoms. The molecule has 0 saturated heterocycles. The fourth-order valence-corrected chi connectivity index (χ4v) is 1.40. The number of aromatic nitrogens is 2. The third kappa shape index (κ3) is 4.47. The van der Waals surface area contributed by atoms with E-state index in [9.17, 15) is 4.79 Å². The number of nitrogens with one attached hydrogen (secondary N) is 1. The van der Waals surface area contributed by atoms with E-state index in [1.807, 2.05) is 6.92 Å². The lowest BCUT2D eigenvalue weighted by Crippen LogP contribution is -2.25. The monoisotopic (exact) mass is 221 g/mol. The van der Waals surface area contributed by atoms with E-state index in [0.717, 1.165) is 5.56 Å². The van der Waals surface area contributed by atoms with Crippen LogP contribution in [0.3, 0.4) is 0 Å². The average molecular weight is 221 g/mol. The fraction of sp³-hybridized carbons (Fsp3) is 0.300. The maximum Gasteiger partial charge on any atom is 0.231 e. The van der Waals surface area contributed by atoms with Crippen LogP contribution in [0.5, 0.6) is 0 Å². The maximum atomic E-state index is 11.2. The summed E-state index contributed by atoms with van der Waals surface area (Å²) in [6.45, 7) is 2.17. The highest BCUT2D eigenvalue weighted by Gasteiger charge is 2.02. The lowest BCUT2D eigenvalue weighted by Gasteiger charge is -2.00. The second kappa shape index (κ2) is 6.04. The van der Waals surface area contributed by atoms with Crippen molar-refractivity contribution in [3.05, 3.63) is 18.0 Å². The van der Waals surface area contributed by atoms with Crippen molar-refractivity contribution >= 4 is 17.7 Å². The molecule has 1 aromatic heterocycles. The van der Waals surface area contributed by atoms with Crippen molar-refractivity contribution in [2.45, 2.75) is 12.1 Å². The normalized spacial score (nSPS) is 9.33. The highest BCUT2D eigenvalue weighted by molar-refractivity contribution is 7.99. The van der Waals surface area contributed by atoms with Crippen LogP contribution in [0, 0.1) is 19.3 Å². The minimum Gasteiger partial charge on any atom is -0.344 e. The second-order valence-electron chi connectivity index (χ2n) is 2.81. The third-order valence-corrected chi connectivity index (χ3v) is 2.35. The fourth-order valence-electron chi connectivity index (χ4n) is 0.786. The average Bonchev–Trinajstić information content (AvgIpc) is 2.25. The zero-order chi connectivity index (χ0) is 11.1. The number of amides is 1. The van der Waals surface area contributed by atoms with E-state index in [-0.39, 0.29) is 18.2 Å². The van der Waals surface area contributed by atoms with Gasteiger partial charge in [-0.05, 0) is 12.5 Å². The van der Waals surface area contributed by atoms with Crippen molar-refractivity contribution in [2.75, 3.05) is 12.3 Å². The molecule has 0 atom stereocenters. The SMILES string of the molecule is C#CCNC(=O)CSc1ncc(C)cn1. The van der Waals surface area contributed by atoms with Crippen molar-refractivity contribution in [3.8, 4) is 12.3 Å². The van der Waals surface area contributed by atoms with Crippen LogP contribution >= 0.6 is 11.8 Å². The van der Waals surface area contributed by atoms with Crippen LogP contribution < -0.4 is 5.32 Å². The van der Waals surface area contributed by atoms with E-state index < -0.39 is 0 Å². The van der Waals surface area contributed by atoms with Gasteiger partial charge < -0.3 is 5.32 Å². The molecule has 78 valence electrons. The number of nitrogens with zero attached hydrogens (tertiary/aromatic N) is 2. The molecule has 1 amide bonds. The molecule has 4 nitrogen and oxygen atoms in total. The van der Waals surface area contributed by atoms with E-state index in [0.29, 0.717) is 5.16 Å². The van der Waals surface area contributed by atoms with E-state index in [4.69, 9.17) is 6.42 Å². The molecule has 15 heavy (non-hydrogen) atoms. The predicted octanol–water partition coefficient (Wildman–Crippen LogP) is 0.627. The highest BCUT2D eigenvalue weighted by atomic mass is 32.2. The molecule has 0 saturated carbocycles. The van der Waals surface area contributed by atoms with E-state index in [1.165, 1.54) is 11.8 Å². The molecule has 0 aliphatic rings. The maximum absolute atomic E-state index is 11.2. The zero-order valence-electron chi connectivity index (χ0n) is 8.36. The Balaban J connectivity index is 2.34. The third-order valence-electron chi connectivity index (χ3n) is 1.48. The number of hydrogen-bond donors (Lipinski definition) is 1. The number of carbonyl (C=O) groups is 1. The number of thioether (sulfide) groups is 1. The smallest absolute Gasteiger partial charge is 0.231 e. The summed E-state index contributed by atoms with van der Waals surface area (Å²) < 4.78 is 0. The highest BCUT2D eigenvalue weighted by Crippen LogP contribution is 2.10. The summed E-state index contributed by atoms with van der Waals surface area (Å²) in [6, 6.07) is 0. The minimum atomic E-state index is -0.109. The van der Waals surface area contributed by atoms with Crippen LogP contribution in [-0.4, -0.2) is 28.2 Å². The van der Waals surface area contributed by atoms with Gasteiger partial charge in [0.25, 0.3) is 0 Å². The van der Waals surface area contributed by atoms with E-state index >= 15 is 0 Å². The molecule has 0 fully saturated rings. The summed E-state index contributed by atoms with van der Waals surface area (Å²) >= 11 is 1.28. The molecule has 1 aromatic rings. The van der Waals surface area contributed by atoms with Gasteiger partial charge >= 0.3 is 0 Å². The van der Waals surface area contributed by atoms with Crippen molar-refractivity contribution in [2.24, 2.45) is 0 Å². The van der Waals surface area contributed by atoms with Gasteiger partial charge in [-0.1, -0.05) is 17.7 Å². The second-order valence-corrected chi connectivity index (χ2v) is 3.76. The molecule has 0 aromatic carbocycles. The Morgan fingerprint density at radius 2 is 2.27 bits per heavy atom. The molecule has 1 rings (SSSR count). The van der Waals surface area contributed by atoms with Crippen LogP contribution in [0.1, 0.15) is 5.56 Å². The van der Waals surface area contributed by atoms with Crippen LogP contribution in [0.25, 0.3) is 0 Å². The van der Waals surface area contributed by atoms with Gasteiger partial charge in [0.05, 0.1) is 12.3 Å². The topological polar surface area (TPSA) is 54.9 Å². The van der Waals surface area contributed by atoms with Crippen molar-refractivity contribution < 1.29 is 4.79 Å². The van der Waals surface area contributed by atoms with Gasteiger partial charge in [-0.3, -0.25) is 4.79 Å². The Bertz CT molecular complexity index is 369. The van der Waals surface area contributed by atoms with Crippen LogP contribution in [0.4, 0.5) is 0 Å². The van der Waals surface area contributed by atoms with Crippen LogP contribution in [0.15, 0.2) is 17.6 Å². The number of rotatable bonds is 4. The van der Waals surface area contributed by atoms with Crippen molar-refractivity contribution in [1.82, 2.24) is 15.3 Å². The Labute approximate surface area is 92.9 Å². The standard InChI is InChI=1S/C10H11N3OS/c1-3-4-11-9(14)7-15-10-12-5-8(2)6-13-10/h1,5-6H,4,7H2,2H3,(H,11,14). The molecule has 0 spiro atoms. The van der Waals surface area contributed by atoms with E-state index in [2.05, 4.69) is 21.2 Å². The molecule has 1 N–H and O–H groups in total. The Hall–Kier alpha value is -1.54. The quantitative estimate of drug-likeness (QED) is 0.460. The van der Waals surface area contributed by atoms with Gasteiger partial charge in [0.2, 0.25) is 5.91 Å². The predicted molar refractivity (Wildman–Crippen MR) is 59.3 cm³/mol. The summed E-state index contributed by atoms with van der Waals surface area (Å²) in [4.78, 5) is 19.3. The summed E-state index contributed by atoms with van der Waals surface area (Å²) in [5, 5.41) is 3.16. The Morgan fingerprint density at radius 1 is 1.60 bits per heavy atom. The largest absolute Gasteiger partial charge is 0.344 e. The first kappa shape index (κ1) is 11.5. The molecular weight excluding hydrogens is 210 g/mol. The molecule has 0 aliphatic heterocycles. The van der Waals surface area contributed by atoms with Gasteiger partial charge in [-0.15, -0.1) is 6.42 Å².